The largest absolute Gasteiger partial charge is 0.369 e. The molecule has 1 aromatic rings. The Bertz CT molecular complexity index is 268. The second kappa shape index (κ2) is 3.89. The zero-order valence-electron chi connectivity index (χ0n) is 8.45. The van der Waals surface area contributed by atoms with Crippen LogP contribution in [0.1, 0.15) is 19.4 Å². The highest BCUT2D eigenvalue weighted by atomic mass is 16.5. The molecule has 0 spiro atoms. The number of hydrogen-bond acceptors (Lipinski definition) is 3. The summed E-state index contributed by atoms with van der Waals surface area (Å²) in [4.78, 5) is 0. The van der Waals surface area contributed by atoms with Crippen molar-refractivity contribution in [2.75, 3.05) is 6.54 Å². The smallest absolute Gasteiger partial charge is 0.0755 e. The van der Waals surface area contributed by atoms with Crippen molar-refractivity contribution in [3.8, 4) is 0 Å². The SMILES string of the molecule is Cn1cc(COC(C)(C)CN)cn1. The van der Waals surface area contributed by atoms with Crippen molar-refractivity contribution in [3.63, 3.8) is 0 Å². The van der Waals surface area contributed by atoms with E-state index in [-0.39, 0.29) is 5.60 Å². The van der Waals surface area contributed by atoms with Gasteiger partial charge < -0.3 is 10.5 Å². The number of aryl methyl sites for hydroxylation is 1. The van der Waals surface area contributed by atoms with Crippen LogP contribution in [0.2, 0.25) is 0 Å². The lowest BCUT2D eigenvalue weighted by atomic mass is 10.1. The molecule has 0 radical (unpaired) electrons. The van der Waals surface area contributed by atoms with E-state index in [1.54, 1.807) is 10.9 Å². The predicted octanol–water partition coefficient (Wildman–Crippen LogP) is 0.674. The van der Waals surface area contributed by atoms with Crippen LogP contribution < -0.4 is 5.73 Å². The summed E-state index contributed by atoms with van der Waals surface area (Å²) in [6, 6.07) is 0. The van der Waals surface area contributed by atoms with Gasteiger partial charge >= 0.3 is 0 Å². The number of aromatic nitrogens is 2. The van der Waals surface area contributed by atoms with E-state index in [0.717, 1.165) is 5.56 Å². The van der Waals surface area contributed by atoms with Gasteiger partial charge in [-0.25, -0.2) is 0 Å². The minimum atomic E-state index is -0.254. The second-order valence-electron chi connectivity index (χ2n) is 3.77. The minimum absolute atomic E-state index is 0.254. The topological polar surface area (TPSA) is 53.1 Å². The van der Waals surface area contributed by atoms with E-state index < -0.39 is 0 Å². The van der Waals surface area contributed by atoms with Gasteiger partial charge in [0.05, 0.1) is 18.4 Å². The number of nitrogens with two attached hydrogens (primary N) is 1. The van der Waals surface area contributed by atoms with Gasteiger partial charge in [-0.3, -0.25) is 4.68 Å². The molecule has 2 N–H and O–H groups in total. The zero-order chi connectivity index (χ0) is 9.90. The van der Waals surface area contributed by atoms with Gasteiger partial charge in [-0.15, -0.1) is 0 Å². The maximum absolute atomic E-state index is 5.60. The van der Waals surface area contributed by atoms with Crippen LogP contribution >= 0.6 is 0 Å². The highest BCUT2D eigenvalue weighted by Crippen LogP contribution is 2.10. The summed E-state index contributed by atoms with van der Waals surface area (Å²) in [5, 5.41) is 4.05. The first-order valence-electron chi connectivity index (χ1n) is 4.35. The molecule has 0 atom stereocenters. The molecule has 0 aliphatic rings. The molecular weight excluding hydrogens is 166 g/mol. The van der Waals surface area contributed by atoms with Crippen LogP contribution in [-0.2, 0) is 18.4 Å². The third kappa shape index (κ3) is 3.16. The van der Waals surface area contributed by atoms with Crippen LogP contribution in [0.15, 0.2) is 12.4 Å². The van der Waals surface area contributed by atoms with E-state index in [1.165, 1.54) is 0 Å². The molecule has 0 amide bonds. The molecule has 1 heterocycles. The summed E-state index contributed by atoms with van der Waals surface area (Å²) in [6.45, 7) is 5.04. The Labute approximate surface area is 78.7 Å². The molecule has 0 aliphatic carbocycles. The quantitative estimate of drug-likeness (QED) is 0.746. The fourth-order valence-corrected chi connectivity index (χ4v) is 0.884. The Hall–Kier alpha value is -0.870. The van der Waals surface area contributed by atoms with E-state index in [1.807, 2.05) is 27.1 Å². The standard InChI is InChI=1S/C9H17N3O/c1-9(2,7-10)13-6-8-4-11-12(3)5-8/h4-5H,6-7,10H2,1-3H3. The van der Waals surface area contributed by atoms with Crippen molar-refractivity contribution in [2.24, 2.45) is 12.8 Å². The Morgan fingerprint density at radius 3 is 2.77 bits per heavy atom. The number of nitrogens with zero attached hydrogens (tertiary/aromatic N) is 2. The van der Waals surface area contributed by atoms with Crippen molar-refractivity contribution in [1.29, 1.82) is 0 Å². The lowest BCUT2D eigenvalue weighted by molar-refractivity contribution is -0.0222. The molecule has 74 valence electrons. The molecule has 1 rings (SSSR count). The van der Waals surface area contributed by atoms with Crippen LogP contribution in [-0.4, -0.2) is 21.9 Å². The van der Waals surface area contributed by atoms with Crippen molar-refractivity contribution in [3.05, 3.63) is 18.0 Å². The lowest BCUT2D eigenvalue weighted by Gasteiger charge is -2.22. The molecule has 13 heavy (non-hydrogen) atoms. The average Bonchev–Trinajstić information content (AvgIpc) is 2.48. The highest BCUT2D eigenvalue weighted by molar-refractivity contribution is 5.01. The van der Waals surface area contributed by atoms with Gasteiger partial charge in [-0.1, -0.05) is 0 Å². The first kappa shape index (κ1) is 10.2. The maximum atomic E-state index is 5.60. The average molecular weight is 183 g/mol. The van der Waals surface area contributed by atoms with Crippen molar-refractivity contribution < 1.29 is 4.74 Å². The molecule has 0 fully saturated rings. The number of ether oxygens (including phenoxy) is 1. The van der Waals surface area contributed by atoms with E-state index in [4.69, 9.17) is 10.5 Å². The molecule has 4 heteroatoms. The fraction of sp³-hybridized carbons (Fsp3) is 0.667. The van der Waals surface area contributed by atoms with E-state index in [9.17, 15) is 0 Å². The van der Waals surface area contributed by atoms with E-state index in [2.05, 4.69) is 5.10 Å². The van der Waals surface area contributed by atoms with Crippen LogP contribution in [0.5, 0.6) is 0 Å². The Balaban J connectivity index is 2.43. The van der Waals surface area contributed by atoms with Gasteiger partial charge in [0.1, 0.15) is 0 Å². The molecule has 0 aliphatic heterocycles. The molecular formula is C9H17N3O. The number of hydrogen-bond donors (Lipinski definition) is 1. The van der Waals surface area contributed by atoms with Gasteiger partial charge in [0, 0.05) is 25.4 Å². The molecule has 0 unspecified atom stereocenters. The van der Waals surface area contributed by atoms with E-state index >= 15 is 0 Å². The maximum Gasteiger partial charge on any atom is 0.0755 e. The van der Waals surface area contributed by atoms with E-state index in [0.29, 0.717) is 13.2 Å². The van der Waals surface area contributed by atoms with Gasteiger partial charge in [0.15, 0.2) is 0 Å². The van der Waals surface area contributed by atoms with Crippen molar-refractivity contribution in [1.82, 2.24) is 9.78 Å². The van der Waals surface area contributed by atoms with Crippen LogP contribution in [0, 0.1) is 0 Å². The molecule has 0 aromatic carbocycles. The van der Waals surface area contributed by atoms with Gasteiger partial charge in [-0.2, -0.15) is 5.10 Å². The molecule has 4 nitrogen and oxygen atoms in total. The minimum Gasteiger partial charge on any atom is -0.369 e. The second-order valence-corrected chi connectivity index (χ2v) is 3.77. The summed E-state index contributed by atoms with van der Waals surface area (Å²) in [7, 11) is 1.89. The normalized spacial score (nSPS) is 12.0. The summed E-state index contributed by atoms with van der Waals surface area (Å²) in [5.41, 5.74) is 6.35. The monoisotopic (exact) mass is 183 g/mol. The predicted molar refractivity (Wildman–Crippen MR) is 51.1 cm³/mol. The third-order valence-electron chi connectivity index (χ3n) is 1.88. The molecule has 0 saturated carbocycles. The number of rotatable bonds is 4. The summed E-state index contributed by atoms with van der Waals surface area (Å²) in [6.07, 6.45) is 3.74. The summed E-state index contributed by atoms with van der Waals surface area (Å²) < 4.78 is 7.36. The Morgan fingerprint density at radius 2 is 2.31 bits per heavy atom. The fourth-order valence-electron chi connectivity index (χ4n) is 0.884. The Kier molecular flexibility index (Phi) is 3.06. The third-order valence-corrected chi connectivity index (χ3v) is 1.88. The van der Waals surface area contributed by atoms with Gasteiger partial charge in [0.25, 0.3) is 0 Å². The first-order valence-corrected chi connectivity index (χ1v) is 4.35. The molecule has 0 saturated heterocycles. The van der Waals surface area contributed by atoms with Crippen LogP contribution in [0.4, 0.5) is 0 Å². The molecule has 0 bridgehead atoms. The lowest BCUT2D eigenvalue weighted by Crippen LogP contribution is -2.33. The van der Waals surface area contributed by atoms with Gasteiger partial charge in [-0.05, 0) is 13.8 Å². The molecule has 1 aromatic heterocycles. The summed E-state index contributed by atoms with van der Waals surface area (Å²) in [5.74, 6) is 0. The zero-order valence-corrected chi connectivity index (χ0v) is 8.45. The van der Waals surface area contributed by atoms with Crippen LogP contribution in [0.25, 0.3) is 0 Å². The van der Waals surface area contributed by atoms with Gasteiger partial charge in [0.2, 0.25) is 0 Å². The van der Waals surface area contributed by atoms with Crippen molar-refractivity contribution in [2.45, 2.75) is 26.1 Å². The van der Waals surface area contributed by atoms with Crippen molar-refractivity contribution >= 4 is 0 Å². The Morgan fingerprint density at radius 1 is 1.62 bits per heavy atom. The van der Waals surface area contributed by atoms with Crippen LogP contribution in [0.3, 0.4) is 0 Å². The highest BCUT2D eigenvalue weighted by Gasteiger charge is 2.15. The summed E-state index contributed by atoms with van der Waals surface area (Å²) >= 11 is 0. The first-order chi connectivity index (χ1) is 6.03.